The summed E-state index contributed by atoms with van der Waals surface area (Å²) in [6.45, 7) is 4.18. The summed E-state index contributed by atoms with van der Waals surface area (Å²) in [6, 6.07) is 25.2. The number of benzene rings is 3. The minimum atomic E-state index is -0.413. The zero-order valence-corrected chi connectivity index (χ0v) is 18.0. The van der Waals surface area contributed by atoms with Gasteiger partial charge in [-0.25, -0.2) is 9.78 Å². The molecule has 0 aliphatic heterocycles. The van der Waals surface area contributed by atoms with Crippen molar-refractivity contribution >= 4 is 28.4 Å². The average molecular weight is 438 g/mol. The van der Waals surface area contributed by atoms with Gasteiger partial charge in [-0.1, -0.05) is 67.3 Å². The molecule has 5 aromatic rings. The van der Waals surface area contributed by atoms with Gasteiger partial charge in [-0.3, -0.25) is 0 Å². The van der Waals surface area contributed by atoms with Crippen molar-refractivity contribution in [2.75, 3.05) is 0 Å². The van der Waals surface area contributed by atoms with Gasteiger partial charge >= 0.3 is 5.63 Å². The van der Waals surface area contributed by atoms with E-state index in [1.807, 2.05) is 78.2 Å². The predicted octanol–water partition coefficient (Wildman–Crippen LogP) is 6.81. The van der Waals surface area contributed by atoms with Crippen LogP contribution in [0.1, 0.15) is 11.1 Å². The summed E-state index contributed by atoms with van der Waals surface area (Å²) in [5, 5.41) is 3.41. The second kappa shape index (κ2) is 8.65. The lowest BCUT2D eigenvalue weighted by Gasteiger charge is -2.08. The molecule has 0 atom stereocenters. The second-order valence-electron chi connectivity index (χ2n) is 7.29. The van der Waals surface area contributed by atoms with Crippen molar-refractivity contribution in [3.05, 3.63) is 112 Å². The Bertz CT molecular complexity index is 1450. The lowest BCUT2D eigenvalue weighted by Crippen LogP contribution is -2.02. The lowest BCUT2D eigenvalue weighted by atomic mass is 10.1. The highest BCUT2D eigenvalue weighted by atomic mass is 32.1. The van der Waals surface area contributed by atoms with Crippen LogP contribution in [-0.2, 0) is 6.61 Å². The van der Waals surface area contributed by atoms with Gasteiger partial charge in [-0.05, 0) is 29.3 Å². The molecule has 5 rings (SSSR count). The molecule has 0 amide bonds. The van der Waals surface area contributed by atoms with Gasteiger partial charge in [-0.2, -0.15) is 0 Å². The number of fused-ring (bicyclic) bond motifs is 1. The molecular weight excluding hydrogens is 418 g/mol. The molecule has 0 radical (unpaired) electrons. The molecule has 5 heteroatoms. The van der Waals surface area contributed by atoms with E-state index in [1.165, 1.54) is 11.3 Å². The zero-order valence-electron chi connectivity index (χ0n) is 17.2. The number of aromatic nitrogens is 1. The number of ether oxygens (including phenoxy) is 1. The largest absolute Gasteiger partial charge is 0.489 e. The van der Waals surface area contributed by atoms with E-state index in [4.69, 9.17) is 9.15 Å². The molecule has 0 spiro atoms. The molecule has 0 bridgehead atoms. The first kappa shape index (κ1) is 20.0. The molecule has 0 aliphatic rings. The topological polar surface area (TPSA) is 52.3 Å². The first-order chi connectivity index (χ1) is 15.7. The fourth-order valence-corrected chi connectivity index (χ4v) is 4.22. The SMILES string of the molecule is C=Cc1ccc(COc2ccc3cc(-c4nc(-c5ccccc5)cs4)c(=O)oc3c2)cc1. The molecule has 3 aromatic carbocycles. The summed E-state index contributed by atoms with van der Waals surface area (Å²) < 4.78 is 11.5. The van der Waals surface area contributed by atoms with E-state index in [0.29, 0.717) is 28.5 Å². The highest BCUT2D eigenvalue weighted by molar-refractivity contribution is 7.13. The molecule has 2 aromatic heterocycles. The molecule has 32 heavy (non-hydrogen) atoms. The highest BCUT2D eigenvalue weighted by Crippen LogP contribution is 2.29. The Morgan fingerprint density at radius 1 is 1.00 bits per heavy atom. The van der Waals surface area contributed by atoms with Crippen LogP contribution in [0.4, 0.5) is 0 Å². The molecule has 4 nitrogen and oxygen atoms in total. The number of hydrogen-bond donors (Lipinski definition) is 0. The Hall–Kier alpha value is -3.96. The zero-order chi connectivity index (χ0) is 21.9. The number of hydrogen-bond acceptors (Lipinski definition) is 5. The van der Waals surface area contributed by atoms with Crippen LogP contribution in [-0.4, -0.2) is 4.98 Å². The normalized spacial score (nSPS) is 10.9. The minimum absolute atomic E-state index is 0.413. The van der Waals surface area contributed by atoms with Crippen molar-refractivity contribution in [2.24, 2.45) is 0 Å². The quantitative estimate of drug-likeness (QED) is 0.274. The molecule has 156 valence electrons. The Morgan fingerprint density at radius 2 is 1.81 bits per heavy atom. The van der Waals surface area contributed by atoms with Crippen LogP contribution < -0.4 is 10.4 Å². The van der Waals surface area contributed by atoms with E-state index in [2.05, 4.69) is 11.6 Å². The van der Waals surface area contributed by atoms with Crippen molar-refractivity contribution < 1.29 is 9.15 Å². The fourth-order valence-electron chi connectivity index (χ4n) is 3.39. The van der Waals surface area contributed by atoms with Crippen molar-refractivity contribution in [2.45, 2.75) is 6.61 Å². The molecule has 0 saturated heterocycles. The Morgan fingerprint density at radius 3 is 2.59 bits per heavy atom. The molecule has 0 aliphatic carbocycles. The number of nitrogens with zero attached hydrogens (tertiary/aromatic N) is 1. The maximum atomic E-state index is 12.7. The first-order valence-electron chi connectivity index (χ1n) is 10.1. The van der Waals surface area contributed by atoms with Crippen LogP contribution in [0.3, 0.4) is 0 Å². The molecule has 0 saturated carbocycles. The summed E-state index contributed by atoms with van der Waals surface area (Å²) in [4.78, 5) is 17.3. The van der Waals surface area contributed by atoms with Crippen molar-refractivity contribution in [1.82, 2.24) is 4.98 Å². The predicted molar refractivity (Wildman–Crippen MR) is 130 cm³/mol. The maximum Gasteiger partial charge on any atom is 0.346 e. The van der Waals surface area contributed by atoms with Crippen molar-refractivity contribution in [1.29, 1.82) is 0 Å². The van der Waals surface area contributed by atoms with Gasteiger partial charge in [0, 0.05) is 22.4 Å². The summed E-state index contributed by atoms with van der Waals surface area (Å²) >= 11 is 1.43. The van der Waals surface area contributed by atoms with Gasteiger partial charge in [0.1, 0.15) is 22.9 Å². The highest BCUT2D eigenvalue weighted by Gasteiger charge is 2.13. The van der Waals surface area contributed by atoms with Crippen molar-refractivity contribution in [3.63, 3.8) is 0 Å². The number of rotatable bonds is 6. The van der Waals surface area contributed by atoms with E-state index in [-0.39, 0.29) is 0 Å². The van der Waals surface area contributed by atoms with Crippen LogP contribution in [0.25, 0.3) is 38.9 Å². The van der Waals surface area contributed by atoms with Crippen LogP contribution in [0.5, 0.6) is 5.75 Å². The standard InChI is InChI=1S/C27H19NO3S/c1-2-18-8-10-19(11-9-18)16-30-22-13-12-21-14-23(27(29)31-25(21)15-22)26-28-24(17-32-26)20-6-4-3-5-7-20/h2-15,17H,1,16H2. The third kappa shape index (κ3) is 4.11. The van der Waals surface area contributed by atoms with Gasteiger partial charge in [0.05, 0.1) is 11.3 Å². The third-order valence-electron chi connectivity index (χ3n) is 5.13. The summed E-state index contributed by atoms with van der Waals surface area (Å²) in [6.07, 6.45) is 1.80. The minimum Gasteiger partial charge on any atom is -0.489 e. The van der Waals surface area contributed by atoms with Crippen LogP contribution in [0.2, 0.25) is 0 Å². The van der Waals surface area contributed by atoms with Gasteiger partial charge in [0.25, 0.3) is 0 Å². The first-order valence-corrected chi connectivity index (χ1v) is 11.0. The molecule has 2 heterocycles. The lowest BCUT2D eigenvalue weighted by molar-refractivity contribution is 0.306. The van der Waals surface area contributed by atoms with E-state index >= 15 is 0 Å². The van der Waals surface area contributed by atoms with E-state index in [0.717, 1.165) is 27.8 Å². The molecule has 0 N–H and O–H groups in total. The summed E-state index contributed by atoms with van der Waals surface area (Å²) in [5.41, 5.74) is 4.50. The smallest absolute Gasteiger partial charge is 0.346 e. The number of thiazole rings is 1. The van der Waals surface area contributed by atoms with E-state index < -0.39 is 5.63 Å². The summed E-state index contributed by atoms with van der Waals surface area (Å²) in [5.74, 6) is 0.641. The van der Waals surface area contributed by atoms with Gasteiger partial charge in [-0.15, -0.1) is 11.3 Å². The van der Waals surface area contributed by atoms with Crippen molar-refractivity contribution in [3.8, 4) is 27.6 Å². The maximum absolute atomic E-state index is 12.7. The molecule has 0 unspecified atom stereocenters. The van der Waals surface area contributed by atoms with Gasteiger partial charge in [0.2, 0.25) is 0 Å². The summed E-state index contributed by atoms with van der Waals surface area (Å²) in [7, 11) is 0. The Balaban J connectivity index is 1.39. The van der Waals surface area contributed by atoms with Gasteiger partial charge in [0.15, 0.2) is 0 Å². The average Bonchev–Trinajstić information content (AvgIpc) is 3.33. The van der Waals surface area contributed by atoms with E-state index in [1.54, 1.807) is 12.1 Å². The monoisotopic (exact) mass is 437 g/mol. The van der Waals surface area contributed by atoms with Crippen LogP contribution in [0, 0.1) is 0 Å². The van der Waals surface area contributed by atoms with E-state index in [9.17, 15) is 4.79 Å². The second-order valence-corrected chi connectivity index (χ2v) is 8.14. The third-order valence-corrected chi connectivity index (χ3v) is 6.01. The molecular formula is C27H19NO3S. The fraction of sp³-hybridized carbons (Fsp3) is 0.0370. The Kier molecular flexibility index (Phi) is 5.40. The molecule has 0 fully saturated rings. The van der Waals surface area contributed by atoms with Gasteiger partial charge < -0.3 is 9.15 Å². The van der Waals surface area contributed by atoms with Crippen LogP contribution in [0.15, 0.2) is 100 Å². The Labute approximate surface area is 189 Å². The van der Waals surface area contributed by atoms with Crippen LogP contribution >= 0.6 is 11.3 Å².